The first-order chi connectivity index (χ1) is 9.72. The number of unbranched alkanes of at least 4 members (excludes halogenated alkanes) is 2. The molecule has 0 heterocycles. The third-order valence-corrected chi connectivity index (χ3v) is 3.37. The Bertz CT molecular complexity index is 414. The van der Waals surface area contributed by atoms with E-state index in [9.17, 15) is 14.0 Å². The van der Waals surface area contributed by atoms with Gasteiger partial charge >= 0.3 is 5.97 Å². The molecule has 0 aromatic heterocycles. The van der Waals surface area contributed by atoms with Gasteiger partial charge in [-0.15, -0.1) is 0 Å². The molecule has 1 aromatic carbocycles. The Hall–Kier alpha value is -1.71. The Morgan fingerprint density at radius 2 is 1.95 bits per heavy atom. The van der Waals surface area contributed by atoms with E-state index in [-0.39, 0.29) is 18.6 Å². The van der Waals surface area contributed by atoms with E-state index >= 15 is 0 Å². The molecular formula is C16H21FO3. The highest BCUT2D eigenvalue weighted by atomic mass is 19.1. The van der Waals surface area contributed by atoms with Crippen molar-refractivity contribution < 1.29 is 18.7 Å². The number of aldehydes is 1. The molecule has 1 unspecified atom stereocenters. The SMILES string of the molecule is COC(=O)c1ccc(C(CC=O)CCCCCF)cc1. The number of alkyl halides is 1. The lowest BCUT2D eigenvalue weighted by Crippen LogP contribution is -2.04. The second-order valence-corrected chi connectivity index (χ2v) is 4.75. The normalized spacial score (nSPS) is 11.9. The van der Waals surface area contributed by atoms with Gasteiger partial charge in [0.15, 0.2) is 0 Å². The van der Waals surface area contributed by atoms with E-state index in [1.807, 2.05) is 12.1 Å². The van der Waals surface area contributed by atoms with Crippen LogP contribution < -0.4 is 0 Å². The topological polar surface area (TPSA) is 43.4 Å². The number of benzene rings is 1. The van der Waals surface area contributed by atoms with Crippen LogP contribution in [-0.2, 0) is 9.53 Å². The second-order valence-electron chi connectivity index (χ2n) is 4.75. The number of carbonyl (C=O) groups excluding carboxylic acids is 2. The van der Waals surface area contributed by atoms with Crippen LogP contribution in [0.1, 0.15) is 53.9 Å². The van der Waals surface area contributed by atoms with Crippen LogP contribution in [0.4, 0.5) is 4.39 Å². The Labute approximate surface area is 119 Å². The van der Waals surface area contributed by atoms with Crippen molar-refractivity contribution in [3.05, 3.63) is 35.4 Å². The van der Waals surface area contributed by atoms with Gasteiger partial charge in [0.05, 0.1) is 19.3 Å². The monoisotopic (exact) mass is 280 g/mol. The van der Waals surface area contributed by atoms with Gasteiger partial charge in [-0.05, 0) is 36.5 Å². The highest BCUT2D eigenvalue weighted by Gasteiger charge is 2.12. The van der Waals surface area contributed by atoms with E-state index in [0.717, 1.165) is 31.1 Å². The maximum Gasteiger partial charge on any atom is 0.337 e. The van der Waals surface area contributed by atoms with Crippen molar-refractivity contribution in [2.75, 3.05) is 13.8 Å². The molecule has 0 amide bonds. The summed E-state index contributed by atoms with van der Waals surface area (Å²) in [5, 5.41) is 0. The zero-order chi connectivity index (χ0) is 14.8. The quantitative estimate of drug-likeness (QED) is 0.394. The summed E-state index contributed by atoms with van der Waals surface area (Å²) in [5.41, 5.74) is 1.53. The third kappa shape index (κ3) is 5.11. The summed E-state index contributed by atoms with van der Waals surface area (Å²) in [7, 11) is 1.34. The number of carbonyl (C=O) groups is 2. The van der Waals surface area contributed by atoms with Gasteiger partial charge in [0, 0.05) is 6.42 Å². The van der Waals surface area contributed by atoms with Crippen molar-refractivity contribution in [1.82, 2.24) is 0 Å². The molecule has 0 saturated carbocycles. The van der Waals surface area contributed by atoms with E-state index in [1.54, 1.807) is 12.1 Å². The number of hydrogen-bond acceptors (Lipinski definition) is 3. The lowest BCUT2D eigenvalue weighted by molar-refractivity contribution is -0.108. The van der Waals surface area contributed by atoms with Gasteiger partial charge in [-0.25, -0.2) is 4.79 Å². The Morgan fingerprint density at radius 3 is 2.50 bits per heavy atom. The number of halogens is 1. The van der Waals surface area contributed by atoms with Gasteiger partial charge < -0.3 is 9.53 Å². The Kier molecular flexibility index (Phi) is 7.55. The van der Waals surface area contributed by atoms with Crippen molar-refractivity contribution in [2.24, 2.45) is 0 Å². The van der Waals surface area contributed by atoms with Gasteiger partial charge in [0.2, 0.25) is 0 Å². The molecule has 3 nitrogen and oxygen atoms in total. The van der Waals surface area contributed by atoms with Gasteiger partial charge in [-0.3, -0.25) is 4.39 Å². The van der Waals surface area contributed by atoms with E-state index in [4.69, 9.17) is 0 Å². The Balaban J connectivity index is 2.66. The van der Waals surface area contributed by atoms with Crippen LogP contribution >= 0.6 is 0 Å². The molecule has 0 fully saturated rings. The summed E-state index contributed by atoms with van der Waals surface area (Å²) >= 11 is 0. The number of methoxy groups -OCH3 is 1. The van der Waals surface area contributed by atoms with Crippen LogP contribution in [0.3, 0.4) is 0 Å². The molecule has 0 aliphatic rings. The molecule has 4 heteroatoms. The van der Waals surface area contributed by atoms with Gasteiger partial charge in [0.25, 0.3) is 0 Å². The summed E-state index contributed by atoms with van der Waals surface area (Å²) in [6, 6.07) is 7.13. The molecule has 1 aromatic rings. The lowest BCUT2D eigenvalue weighted by atomic mass is 9.90. The average molecular weight is 280 g/mol. The smallest absolute Gasteiger partial charge is 0.337 e. The molecular weight excluding hydrogens is 259 g/mol. The fourth-order valence-electron chi connectivity index (χ4n) is 2.21. The minimum Gasteiger partial charge on any atom is -0.465 e. The lowest BCUT2D eigenvalue weighted by Gasteiger charge is -2.14. The predicted molar refractivity (Wildman–Crippen MR) is 75.6 cm³/mol. The predicted octanol–water partition coefficient (Wildman–Crippen LogP) is 3.68. The number of hydrogen-bond donors (Lipinski definition) is 0. The van der Waals surface area contributed by atoms with Crippen LogP contribution in [0.15, 0.2) is 24.3 Å². The van der Waals surface area contributed by atoms with Crippen molar-refractivity contribution in [1.29, 1.82) is 0 Å². The molecule has 1 atom stereocenters. The van der Waals surface area contributed by atoms with Gasteiger partial charge in [-0.1, -0.05) is 25.0 Å². The first-order valence-electron chi connectivity index (χ1n) is 6.90. The maximum absolute atomic E-state index is 12.0. The van der Waals surface area contributed by atoms with E-state index in [1.165, 1.54) is 7.11 Å². The highest BCUT2D eigenvalue weighted by molar-refractivity contribution is 5.89. The average Bonchev–Trinajstić information content (AvgIpc) is 2.50. The molecule has 0 aliphatic heterocycles. The van der Waals surface area contributed by atoms with E-state index in [2.05, 4.69) is 4.74 Å². The van der Waals surface area contributed by atoms with Crippen molar-refractivity contribution >= 4 is 12.3 Å². The largest absolute Gasteiger partial charge is 0.465 e. The first-order valence-corrected chi connectivity index (χ1v) is 6.90. The molecule has 0 aliphatic carbocycles. The third-order valence-electron chi connectivity index (χ3n) is 3.37. The summed E-state index contributed by atoms with van der Waals surface area (Å²) in [6.07, 6.45) is 4.54. The molecule has 110 valence electrons. The number of rotatable bonds is 9. The highest BCUT2D eigenvalue weighted by Crippen LogP contribution is 2.25. The summed E-state index contributed by atoms with van der Waals surface area (Å²) in [5.74, 6) is -0.231. The minimum atomic E-state index is -0.369. The fraction of sp³-hybridized carbons (Fsp3) is 0.500. The zero-order valence-electron chi connectivity index (χ0n) is 11.8. The van der Waals surface area contributed by atoms with Crippen molar-refractivity contribution in [3.63, 3.8) is 0 Å². The van der Waals surface area contributed by atoms with Crippen molar-refractivity contribution in [3.8, 4) is 0 Å². The zero-order valence-corrected chi connectivity index (χ0v) is 11.8. The molecule has 20 heavy (non-hydrogen) atoms. The van der Waals surface area contributed by atoms with E-state index < -0.39 is 0 Å². The molecule has 0 N–H and O–H groups in total. The molecule has 1 rings (SSSR count). The maximum atomic E-state index is 12.0. The summed E-state index contributed by atoms with van der Waals surface area (Å²) in [4.78, 5) is 22.1. The minimum absolute atomic E-state index is 0.138. The number of esters is 1. The number of ether oxygens (including phenoxy) is 1. The standard InChI is InChI=1S/C16H21FO3/c1-20-16(19)15-8-6-14(7-9-15)13(10-12-18)5-3-2-4-11-17/h6-9,12-13H,2-5,10-11H2,1H3. The van der Waals surface area contributed by atoms with Crippen LogP contribution in [0.5, 0.6) is 0 Å². The molecule has 0 radical (unpaired) electrons. The molecule has 0 spiro atoms. The van der Waals surface area contributed by atoms with Crippen LogP contribution in [-0.4, -0.2) is 26.0 Å². The van der Waals surface area contributed by atoms with Crippen molar-refractivity contribution in [2.45, 2.75) is 38.0 Å². The van der Waals surface area contributed by atoms with E-state index in [0.29, 0.717) is 18.4 Å². The molecule has 0 bridgehead atoms. The summed E-state index contributed by atoms with van der Waals surface area (Å²) < 4.78 is 16.7. The molecule has 0 saturated heterocycles. The Morgan fingerprint density at radius 1 is 1.25 bits per heavy atom. The van der Waals surface area contributed by atoms with Gasteiger partial charge in [-0.2, -0.15) is 0 Å². The first kappa shape index (κ1) is 16.3. The second kappa shape index (κ2) is 9.23. The van der Waals surface area contributed by atoms with Crippen LogP contribution in [0.2, 0.25) is 0 Å². The van der Waals surface area contributed by atoms with Gasteiger partial charge in [0.1, 0.15) is 6.29 Å². The summed E-state index contributed by atoms with van der Waals surface area (Å²) in [6.45, 7) is -0.286. The van der Waals surface area contributed by atoms with Crippen LogP contribution in [0.25, 0.3) is 0 Å². The van der Waals surface area contributed by atoms with Crippen LogP contribution in [0, 0.1) is 0 Å². The fourth-order valence-corrected chi connectivity index (χ4v) is 2.21.